The van der Waals surface area contributed by atoms with Crippen molar-refractivity contribution in [2.45, 2.75) is 49.7 Å². The number of halogens is 4. The van der Waals surface area contributed by atoms with Gasteiger partial charge >= 0.3 is 6.09 Å². The summed E-state index contributed by atoms with van der Waals surface area (Å²) >= 11 is 6.42. The number of ether oxygens (including phenoxy) is 1. The quantitative estimate of drug-likeness (QED) is 0.595. The van der Waals surface area contributed by atoms with Crippen LogP contribution < -0.4 is 10.2 Å². The first-order valence-corrected chi connectivity index (χ1v) is 11.8. The molecule has 7 nitrogen and oxygen atoms in total. The fourth-order valence-electron chi connectivity index (χ4n) is 4.69. The molecule has 0 aromatic heterocycles. The Balaban J connectivity index is 1.79. The number of hydrogen-bond donors (Lipinski definition) is 1. The molecule has 1 saturated heterocycles. The van der Waals surface area contributed by atoms with Crippen LogP contribution in [-0.2, 0) is 14.3 Å². The minimum absolute atomic E-state index is 0.0516. The number of amides is 3. The van der Waals surface area contributed by atoms with Gasteiger partial charge in [-0.3, -0.25) is 19.4 Å². The van der Waals surface area contributed by atoms with Gasteiger partial charge in [-0.15, -0.1) is 0 Å². The molecule has 36 heavy (non-hydrogen) atoms. The van der Waals surface area contributed by atoms with Crippen LogP contribution >= 0.6 is 11.6 Å². The number of hydrogen-bond acceptors (Lipinski definition) is 4. The molecule has 1 saturated carbocycles. The maximum atomic E-state index is 14.3. The van der Waals surface area contributed by atoms with E-state index >= 15 is 0 Å². The van der Waals surface area contributed by atoms with Gasteiger partial charge in [-0.2, -0.15) is 0 Å². The minimum atomic E-state index is -2.87. The van der Waals surface area contributed by atoms with E-state index in [1.165, 1.54) is 42.3 Å². The SMILES string of the molecule is COC(=O)N1CCCC1C(=O)N(c1cccc(F)c1)[C@H](C(=O)NC1CC(F)(F)C1)c1ccccc1Cl. The van der Waals surface area contributed by atoms with Crippen LogP contribution in [0, 0.1) is 5.82 Å². The summed E-state index contributed by atoms with van der Waals surface area (Å²) in [6.45, 7) is 0.264. The molecule has 1 aliphatic carbocycles. The Morgan fingerprint density at radius 2 is 1.89 bits per heavy atom. The molecule has 1 unspecified atom stereocenters. The van der Waals surface area contributed by atoms with Gasteiger partial charge in [-0.05, 0) is 37.1 Å². The van der Waals surface area contributed by atoms with Gasteiger partial charge in [0.05, 0.1) is 7.11 Å². The van der Waals surface area contributed by atoms with Crippen LogP contribution in [0.25, 0.3) is 0 Å². The molecule has 1 N–H and O–H groups in total. The number of benzene rings is 2. The molecular formula is C25H25ClF3N3O4. The topological polar surface area (TPSA) is 79.0 Å². The first kappa shape index (κ1) is 25.8. The highest BCUT2D eigenvalue weighted by atomic mass is 35.5. The average molecular weight is 524 g/mol. The number of nitrogens with one attached hydrogen (secondary N) is 1. The molecule has 1 heterocycles. The van der Waals surface area contributed by atoms with E-state index in [1.54, 1.807) is 12.1 Å². The van der Waals surface area contributed by atoms with Gasteiger partial charge in [0.15, 0.2) is 0 Å². The number of likely N-dealkylation sites (tertiary alicyclic amines) is 1. The van der Waals surface area contributed by atoms with Gasteiger partial charge in [-0.25, -0.2) is 18.0 Å². The highest BCUT2D eigenvalue weighted by molar-refractivity contribution is 6.31. The van der Waals surface area contributed by atoms with Gasteiger partial charge in [0.25, 0.3) is 11.8 Å². The van der Waals surface area contributed by atoms with Crippen LogP contribution in [-0.4, -0.2) is 54.5 Å². The monoisotopic (exact) mass is 523 g/mol. The van der Waals surface area contributed by atoms with Crippen molar-refractivity contribution in [3.8, 4) is 0 Å². The van der Waals surface area contributed by atoms with Gasteiger partial charge < -0.3 is 10.1 Å². The summed E-state index contributed by atoms with van der Waals surface area (Å²) in [4.78, 5) is 42.3. The zero-order valence-electron chi connectivity index (χ0n) is 19.4. The van der Waals surface area contributed by atoms with Crippen LogP contribution in [0.3, 0.4) is 0 Å². The van der Waals surface area contributed by atoms with Gasteiger partial charge in [0.2, 0.25) is 5.91 Å². The van der Waals surface area contributed by atoms with Crippen molar-refractivity contribution in [2.75, 3.05) is 18.6 Å². The largest absolute Gasteiger partial charge is 0.453 e. The smallest absolute Gasteiger partial charge is 0.410 e. The third-order valence-corrected chi connectivity index (χ3v) is 6.76. The number of nitrogens with zero attached hydrogens (tertiary/aromatic N) is 2. The number of alkyl halides is 2. The van der Waals surface area contributed by atoms with E-state index in [2.05, 4.69) is 5.32 Å². The molecule has 0 bridgehead atoms. The van der Waals surface area contributed by atoms with E-state index in [1.807, 2.05) is 0 Å². The Morgan fingerprint density at radius 3 is 2.53 bits per heavy atom. The van der Waals surface area contributed by atoms with Crippen molar-refractivity contribution in [2.24, 2.45) is 0 Å². The van der Waals surface area contributed by atoms with E-state index in [0.717, 1.165) is 11.0 Å². The Labute approximate surface area is 211 Å². The predicted octanol–water partition coefficient (Wildman–Crippen LogP) is 4.70. The van der Waals surface area contributed by atoms with Crippen LogP contribution in [0.4, 0.5) is 23.7 Å². The molecule has 4 rings (SSSR count). The Bertz CT molecular complexity index is 1160. The van der Waals surface area contributed by atoms with Crippen LogP contribution in [0.15, 0.2) is 48.5 Å². The molecular weight excluding hydrogens is 499 g/mol. The normalized spacial score (nSPS) is 19.8. The molecule has 0 spiro atoms. The van der Waals surface area contributed by atoms with Gasteiger partial charge in [0.1, 0.15) is 17.9 Å². The number of carbonyl (C=O) groups is 3. The molecule has 2 aliphatic rings. The molecule has 2 aromatic rings. The lowest BCUT2D eigenvalue weighted by Gasteiger charge is -2.39. The third kappa shape index (κ3) is 5.28. The van der Waals surface area contributed by atoms with Crippen LogP contribution in [0.2, 0.25) is 5.02 Å². The Hall–Kier alpha value is -3.27. The first-order chi connectivity index (χ1) is 17.1. The summed E-state index contributed by atoms with van der Waals surface area (Å²) in [7, 11) is 1.20. The first-order valence-electron chi connectivity index (χ1n) is 11.5. The molecule has 11 heteroatoms. The van der Waals surface area contributed by atoms with Crippen LogP contribution in [0.5, 0.6) is 0 Å². The lowest BCUT2D eigenvalue weighted by atomic mass is 9.87. The van der Waals surface area contributed by atoms with E-state index in [4.69, 9.17) is 16.3 Å². The summed E-state index contributed by atoms with van der Waals surface area (Å²) in [5.74, 6) is -4.93. The molecule has 0 radical (unpaired) electrons. The summed E-state index contributed by atoms with van der Waals surface area (Å²) in [6, 6.07) is 8.23. The highest BCUT2D eigenvalue weighted by Crippen LogP contribution is 2.39. The van der Waals surface area contributed by atoms with Crippen LogP contribution in [0.1, 0.15) is 37.3 Å². The maximum Gasteiger partial charge on any atom is 0.410 e. The predicted molar refractivity (Wildman–Crippen MR) is 126 cm³/mol. The second-order valence-corrected chi connectivity index (χ2v) is 9.31. The van der Waals surface area contributed by atoms with Crippen molar-refractivity contribution >= 4 is 35.2 Å². The zero-order chi connectivity index (χ0) is 26.0. The molecule has 2 aromatic carbocycles. The number of methoxy groups -OCH3 is 1. The van der Waals surface area contributed by atoms with Crippen molar-refractivity contribution in [1.82, 2.24) is 10.2 Å². The molecule has 2 atom stereocenters. The molecule has 3 amide bonds. The maximum absolute atomic E-state index is 14.3. The number of carbonyl (C=O) groups excluding carboxylic acids is 3. The minimum Gasteiger partial charge on any atom is -0.453 e. The summed E-state index contributed by atoms with van der Waals surface area (Å²) in [6.07, 6.45) is -0.949. The fraction of sp³-hybridized carbons (Fsp3) is 0.400. The molecule has 192 valence electrons. The van der Waals surface area contributed by atoms with E-state index in [9.17, 15) is 27.6 Å². The van der Waals surface area contributed by atoms with Gasteiger partial charge in [-0.1, -0.05) is 35.9 Å². The van der Waals surface area contributed by atoms with E-state index < -0.39 is 60.6 Å². The Morgan fingerprint density at radius 1 is 1.17 bits per heavy atom. The average Bonchev–Trinajstić information content (AvgIpc) is 3.31. The highest BCUT2D eigenvalue weighted by Gasteiger charge is 2.48. The second-order valence-electron chi connectivity index (χ2n) is 8.90. The van der Waals surface area contributed by atoms with E-state index in [-0.39, 0.29) is 22.8 Å². The Kier molecular flexibility index (Phi) is 7.44. The standard InChI is InChI=1S/C25H25ClF3N3O4/c1-36-24(35)31-11-5-10-20(31)23(34)32(17-7-4-6-15(27)12-17)21(18-8-2-3-9-19(18)26)22(33)30-16-13-25(28,29)14-16/h2-4,6-9,12,16,20-21H,5,10-11,13-14H2,1H3,(H,30,33)/t20?,21-/m0/s1. The second kappa shape index (κ2) is 10.4. The molecule has 2 fully saturated rings. The molecule has 1 aliphatic heterocycles. The summed E-state index contributed by atoms with van der Waals surface area (Å²) in [5, 5.41) is 2.74. The fourth-order valence-corrected chi connectivity index (χ4v) is 4.93. The van der Waals surface area contributed by atoms with Gasteiger partial charge in [0, 0.05) is 41.7 Å². The summed E-state index contributed by atoms with van der Waals surface area (Å²) in [5.41, 5.74) is 0.277. The zero-order valence-corrected chi connectivity index (χ0v) is 20.2. The van der Waals surface area contributed by atoms with Crippen molar-refractivity contribution in [3.05, 3.63) is 64.9 Å². The van der Waals surface area contributed by atoms with Crippen molar-refractivity contribution < 1.29 is 32.3 Å². The number of anilines is 1. The lowest BCUT2D eigenvalue weighted by Crippen LogP contribution is -2.56. The van der Waals surface area contributed by atoms with E-state index in [0.29, 0.717) is 12.8 Å². The lowest BCUT2D eigenvalue weighted by molar-refractivity contribution is -0.133. The summed E-state index contributed by atoms with van der Waals surface area (Å²) < 4.78 is 46.0. The van der Waals surface area contributed by atoms with Crippen molar-refractivity contribution in [1.29, 1.82) is 0 Å². The van der Waals surface area contributed by atoms with Crippen molar-refractivity contribution in [3.63, 3.8) is 0 Å². The third-order valence-electron chi connectivity index (χ3n) is 6.41. The number of rotatable bonds is 6.